The first kappa shape index (κ1) is 12.7. The van der Waals surface area contributed by atoms with Crippen LogP contribution in [0.4, 0.5) is 0 Å². The molecule has 3 rings (SSSR count). The fourth-order valence-corrected chi connectivity index (χ4v) is 3.99. The van der Waals surface area contributed by atoms with Crippen LogP contribution in [0, 0.1) is 0 Å². The highest BCUT2D eigenvalue weighted by Gasteiger charge is 2.39. The van der Waals surface area contributed by atoms with Gasteiger partial charge in [-0.05, 0) is 56.0 Å². The number of aryl methyl sites for hydroxylation is 1. The van der Waals surface area contributed by atoms with E-state index in [0.717, 1.165) is 18.5 Å². The van der Waals surface area contributed by atoms with Crippen LogP contribution in [-0.4, -0.2) is 29.9 Å². The van der Waals surface area contributed by atoms with Gasteiger partial charge in [-0.3, -0.25) is 9.69 Å². The largest absolute Gasteiger partial charge is 0.366 e. The number of carbonyl (C=O) groups is 1. The van der Waals surface area contributed by atoms with Crippen LogP contribution in [-0.2, 0) is 6.42 Å². The molecule has 3 nitrogen and oxygen atoms in total. The van der Waals surface area contributed by atoms with Crippen molar-refractivity contribution in [1.82, 2.24) is 4.90 Å². The highest BCUT2D eigenvalue weighted by molar-refractivity contribution is 5.95. The van der Waals surface area contributed by atoms with Crippen LogP contribution in [0.2, 0.25) is 0 Å². The summed E-state index contributed by atoms with van der Waals surface area (Å²) in [5, 5.41) is 0. The standard InChI is InChI=1S/C16H22N2O/c1-2-9-18-10-8-12-14(18)7-6-11-4-3-5-13(15(11)12)16(17)19/h3-5,12,14H,2,6-10H2,1H3,(H2,17,19)/t12-,14+/m0/s1. The van der Waals surface area contributed by atoms with E-state index >= 15 is 0 Å². The third-order valence-corrected chi connectivity index (χ3v) is 4.71. The summed E-state index contributed by atoms with van der Waals surface area (Å²) in [6, 6.07) is 6.65. The van der Waals surface area contributed by atoms with Crippen molar-refractivity contribution < 1.29 is 4.79 Å². The molecule has 2 atom stereocenters. The van der Waals surface area contributed by atoms with Gasteiger partial charge in [0, 0.05) is 17.5 Å². The van der Waals surface area contributed by atoms with Crippen LogP contribution in [0.25, 0.3) is 0 Å². The minimum Gasteiger partial charge on any atom is -0.366 e. The van der Waals surface area contributed by atoms with Gasteiger partial charge in [0.1, 0.15) is 0 Å². The summed E-state index contributed by atoms with van der Waals surface area (Å²) >= 11 is 0. The van der Waals surface area contributed by atoms with E-state index < -0.39 is 0 Å². The zero-order valence-corrected chi connectivity index (χ0v) is 11.6. The lowest BCUT2D eigenvalue weighted by Crippen LogP contribution is -2.36. The summed E-state index contributed by atoms with van der Waals surface area (Å²) in [5.41, 5.74) is 8.91. The molecular weight excluding hydrogens is 236 g/mol. The number of primary amides is 1. The molecule has 1 amide bonds. The lowest BCUT2D eigenvalue weighted by Gasteiger charge is -2.34. The molecule has 0 aromatic heterocycles. The normalized spacial score (nSPS) is 25.9. The van der Waals surface area contributed by atoms with Crippen molar-refractivity contribution in [2.45, 2.75) is 44.6 Å². The zero-order chi connectivity index (χ0) is 13.4. The van der Waals surface area contributed by atoms with Gasteiger partial charge in [0.05, 0.1) is 0 Å². The van der Waals surface area contributed by atoms with E-state index in [9.17, 15) is 4.79 Å². The molecule has 19 heavy (non-hydrogen) atoms. The minimum absolute atomic E-state index is 0.272. The van der Waals surface area contributed by atoms with Crippen LogP contribution in [0.15, 0.2) is 18.2 Å². The molecule has 1 aromatic carbocycles. The van der Waals surface area contributed by atoms with Crippen molar-refractivity contribution in [2.75, 3.05) is 13.1 Å². The van der Waals surface area contributed by atoms with Crippen LogP contribution in [0.1, 0.15) is 53.6 Å². The fourth-order valence-electron chi connectivity index (χ4n) is 3.99. The average molecular weight is 258 g/mol. The topological polar surface area (TPSA) is 46.3 Å². The predicted octanol–water partition coefficient (Wildman–Crippen LogP) is 2.30. The predicted molar refractivity (Wildman–Crippen MR) is 76.3 cm³/mol. The maximum atomic E-state index is 11.7. The summed E-state index contributed by atoms with van der Waals surface area (Å²) < 4.78 is 0. The van der Waals surface area contributed by atoms with Gasteiger partial charge in [-0.1, -0.05) is 19.1 Å². The van der Waals surface area contributed by atoms with Gasteiger partial charge in [0.25, 0.3) is 0 Å². The van der Waals surface area contributed by atoms with Crippen molar-refractivity contribution in [3.63, 3.8) is 0 Å². The monoisotopic (exact) mass is 258 g/mol. The second kappa shape index (κ2) is 4.97. The molecule has 2 N–H and O–H groups in total. The molecule has 0 bridgehead atoms. The molecule has 1 saturated heterocycles. The lowest BCUT2D eigenvalue weighted by molar-refractivity contribution is 0.0998. The van der Waals surface area contributed by atoms with Gasteiger partial charge >= 0.3 is 0 Å². The van der Waals surface area contributed by atoms with Gasteiger partial charge in [0.15, 0.2) is 0 Å². The Morgan fingerprint density at radius 1 is 1.42 bits per heavy atom. The first-order valence-corrected chi connectivity index (χ1v) is 7.38. The molecule has 0 unspecified atom stereocenters. The third-order valence-electron chi connectivity index (χ3n) is 4.71. The summed E-state index contributed by atoms with van der Waals surface area (Å²) in [6.45, 7) is 4.57. The Balaban J connectivity index is 1.99. The van der Waals surface area contributed by atoms with Gasteiger partial charge in [0.2, 0.25) is 5.91 Å². The second-order valence-electron chi connectivity index (χ2n) is 5.78. The molecular formula is C16H22N2O. The van der Waals surface area contributed by atoms with Gasteiger partial charge < -0.3 is 5.73 Å². The number of fused-ring (bicyclic) bond motifs is 3. The Labute approximate surface area is 114 Å². The van der Waals surface area contributed by atoms with E-state index in [2.05, 4.69) is 17.9 Å². The molecule has 102 valence electrons. The molecule has 0 saturated carbocycles. The molecule has 0 radical (unpaired) electrons. The number of hydrogen-bond acceptors (Lipinski definition) is 2. The molecule has 2 aliphatic rings. The van der Waals surface area contributed by atoms with E-state index in [1.54, 1.807) is 0 Å². The number of carbonyl (C=O) groups excluding carboxylic acids is 1. The maximum absolute atomic E-state index is 11.7. The Hall–Kier alpha value is -1.35. The van der Waals surface area contributed by atoms with Crippen molar-refractivity contribution in [3.8, 4) is 0 Å². The number of amides is 1. The van der Waals surface area contributed by atoms with E-state index in [0.29, 0.717) is 12.0 Å². The minimum atomic E-state index is -0.272. The average Bonchev–Trinajstić information content (AvgIpc) is 2.82. The second-order valence-corrected chi connectivity index (χ2v) is 5.78. The molecule has 1 heterocycles. The molecule has 1 aliphatic heterocycles. The van der Waals surface area contributed by atoms with E-state index in [1.807, 2.05) is 12.1 Å². The quantitative estimate of drug-likeness (QED) is 0.904. The number of rotatable bonds is 3. The van der Waals surface area contributed by atoms with Crippen molar-refractivity contribution in [3.05, 3.63) is 34.9 Å². The fraction of sp³-hybridized carbons (Fsp3) is 0.562. The summed E-state index contributed by atoms with van der Waals surface area (Å²) in [7, 11) is 0. The summed E-state index contributed by atoms with van der Waals surface area (Å²) in [4.78, 5) is 14.3. The van der Waals surface area contributed by atoms with Crippen LogP contribution < -0.4 is 5.73 Å². The Bertz CT molecular complexity index is 498. The summed E-state index contributed by atoms with van der Waals surface area (Å²) in [6.07, 6.45) is 4.67. The highest BCUT2D eigenvalue weighted by Crippen LogP contribution is 2.42. The molecule has 1 aliphatic carbocycles. The molecule has 1 aromatic rings. The molecule has 3 heteroatoms. The summed E-state index contributed by atoms with van der Waals surface area (Å²) in [5.74, 6) is 0.241. The van der Waals surface area contributed by atoms with Gasteiger partial charge in [-0.15, -0.1) is 0 Å². The number of benzene rings is 1. The Morgan fingerprint density at radius 2 is 2.26 bits per heavy atom. The number of nitrogens with zero attached hydrogens (tertiary/aromatic N) is 1. The van der Waals surface area contributed by atoms with E-state index in [4.69, 9.17) is 5.73 Å². The Kier molecular flexibility index (Phi) is 3.31. The lowest BCUT2D eigenvalue weighted by atomic mass is 9.77. The maximum Gasteiger partial charge on any atom is 0.248 e. The Morgan fingerprint density at radius 3 is 3.00 bits per heavy atom. The third kappa shape index (κ3) is 2.06. The smallest absolute Gasteiger partial charge is 0.248 e. The van der Waals surface area contributed by atoms with Crippen LogP contribution in [0.5, 0.6) is 0 Å². The highest BCUT2D eigenvalue weighted by atomic mass is 16.1. The van der Waals surface area contributed by atoms with Gasteiger partial charge in [-0.25, -0.2) is 0 Å². The van der Waals surface area contributed by atoms with Gasteiger partial charge in [-0.2, -0.15) is 0 Å². The SMILES string of the molecule is CCCN1CC[C@@H]2c3c(cccc3C(N)=O)CC[C@H]21. The van der Waals surface area contributed by atoms with Crippen molar-refractivity contribution in [1.29, 1.82) is 0 Å². The molecule has 1 fully saturated rings. The van der Waals surface area contributed by atoms with Crippen molar-refractivity contribution >= 4 is 5.91 Å². The first-order valence-electron chi connectivity index (χ1n) is 7.38. The van der Waals surface area contributed by atoms with Crippen LogP contribution >= 0.6 is 0 Å². The van der Waals surface area contributed by atoms with Crippen LogP contribution in [0.3, 0.4) is 0 Å². The van der Waals surface area contributed by atoms with Crippen molar-refractivity contribution in [2.24, 2.45) is 5.73 Å². The first-order chi connectivity index (χ1) is 9.22. The number of hydrogen-bond donors (Lipinski definition) is 1. The van der Waals surface area contributed by atoms with E-state index in [-0.39, 0.29) is 5.91 Å². The van der Waals surface area contributed by atoms with E-state index in [1.165, 1.54) is 36.9 Å². The number of likely N-dealkylation sites (tertiary alicyclic amines) is 1. The zero-order valence-electron chi connectivity index (χ0n) is 11.6. The molecule has 0 spiro atoms. The number of nitrogens with two attached hydrogens (primary N) is 1.